The summed E-state index contributed by atoms with van der Waals surface area (Å²) in [4.78, 5) is 4.27. The van der Waals surface area contributed by atoms with Crippen LogP contribution in [0.1, 0.15) is 26.3 Å². The second-order valence-corrected chi connectivity index (χ2v) is 12.7. The molecule has 0 aliphatic rings. The number of hydrogen-bond donors (Lipinski definition) is 1. The Balaban J connectivity index is 2.15. The van der Waals surface area contributed by atoms with Gasteiger partial charge in [-0.2, -0.15) is 0 Å². The third-order valence-electron chi connectivity index (χ3n) is 3.88. The van der Waals surface area contributed by atoms with Gasteiger partial charge in [-0.15, -0.1) is 0 Å². The predicted octanol–water partition coefficient (Wildman–Crippen LogP) is 4.22. The van der Waals surface area contributed by atoms with Crippen LogP contribution in [-0.4, -0.2) is 45.8 Å². The molecule has 2 aromatic rings. The fraction of sp³-hybridized carbons (Fsp3) is 0.526. The Kier molecular flexibility index (Phi) is 5.66. The van der Waals surface area contributed by atoms with E-state index >= 15 is 0 Å². The molecule has 0 aliphatic heterocycles. The van der Waals surface area contributed by atoms with Gasteiger partial charge in [0.25, 0.3) is 0 Å². The standard InChI is InChI=1S/C19H30N2O2S/c1-19(2,3)16-11-15(7-8-18(16)22)17-12-20-13-21(17)14-23-9-10-24(4,5)6/h7-8,11-13,22H,9-10,14H2,1-6H3. The summed E-state index contributed by atoms with van der Waals surface area (Å²) >= 11 is 0. The normalized spacial score (nSPS) is 13.2. The number of ether oxygens (including phenoxy) is 1. The molecule has 0 aliphatic carbocycles. The van der Waals surface area contributed by atoms with Crippen molar-refractivity contribution in [2.24, 2.45) is 0 Å². The maximum absolute atomic E-state index is 10.1. The van der Waals surface area contributed by atoms with Crippen LogP contribution in [0.4, 0.5) is 0 Å². The summed E-state index contributed by atoms with van der Waals surface area (Å²) in [7, 11) is -0.532. The molecule has 0 fully saturated rings. The van der Waals surface area contributed by atoms with E-state index in [9.17, 15) is 5.11 Å². The predicted molar refractivity (Wildman–Crippen MR) is 104 cm³/mol. The molecule has 0 unspecified atom stereocenters. The Bertz CT molecular complexity index is 681. The van der Waals surface area contributed by atoms with E-state index in [1.807, 2.05) is 22.9 Å². The highest BCUT2D eigenvalue weighted by Crippen LogP contribution is 2.35. The second kappa shape index (κ2) is 7.19. The molecule has 24 heavy (non-hydrogen) atoms. The largest absolute Gasteiger partial charge is 0.508 e. The molecule has 1 heterocycles. The van der Waals surface area contributed by atoms with Crippen molar-refractivity contribution >= 4 is 10.0 Å². The van der Waals surface area contributed by atoms with Gasteiger partial charge in [0.2, 0.25) is 0 Å². The van der Waals surface area contributed by atoms with Gasteiger partial charge >= 0.3 is 0 Å². The van der Waals surface area contributed by atoms with E-state index in [2.05, 4.69) is 44.5 Å². The van der Waals surface area contributed by atoms with E-state index in [4.69, 9.17) is 4.74 Å². The molecule has 0 bridgehead atoms. The summed E-state index contributed by atoms with van der Waals surface area (Å²) in [6, 6.07) is 5.73. The molecule has 1 aromatic heterocycles. The van der Waals surface area contributed by atoms with Crippen LogP contribution in [0.5, 0.6) is 5.75 Å². The van der Waals surface area contributed by atoms with Gasteiger partial charge in [0.15, 0.2) is 0 Å². The molecule has 1 aromatic carbocycles. The number of phenolic OH excluding ortho intramolecular Hbond substituents is 1. The Hall–Kier alpha value is -1.46. The summed E-state index contributed by atoms with van der Waals surface area (Å²) in [6.07, 6.45) is 10.5. The molecular weight excluding hydrogens is 320 g/mol. The fourth-order valence-electron chi connectivity index (χ4n) is 2.43. The number of hydrogen-bond acceptors (Lipinski definition) is 3. The lowest BCUT2D eigenvalue weighted by Crippen LogP contribution is -2.12. The van der Waals surface area contributed by atoms with E-state index in [1.54, 1.807) is 12.4 Å². The first-order valence-electron chi connectivity index (χ1n) is 8.16. The number of aromatic hydroxyl groups is 1. The lowest BCUT2D eigenvalue weighted by Gasteiger charge is -2.24. The monoisotopic (exact) mass is 350 g/mol. The van der Waals surface area contributed by atoms with E-state index in [1.165, 1.54) is 0 Å². The van der Waals surface area contributed by atoms with Gasteiger partial charge in [0, 0.05) is 11.3 Å². The van der Waals surface area contributed by atoms with Crippen LogP contribution in [0.2, 0.25) is 0 Å². The second-order valence-electron chi connectivity index (χ2n) is 8.06. The molecule has 0 atom stereocenters. The Morgan fingerprint density at radius 1 is 1.21 bits per heavy atom. The SMILES string of the molecule is CC(C)(C)c1cc(-c2cncn2COCCS(C)(C)C)ccc1O. The zero-order chi connectivity index (χ0) is 18.0. The maximum Gasteiger partial charge on any atom is 0.124 e. The van der Waals surface area contributed by atoms with Crippen molar-refractivity contribution in [3.05, 3.63) is 36.3 Å². The lowest BCUT2D eigenvalue weighted by atomic mass is 9.85. The van der Waals surface area contributed by atoms with Crippen molar-refractivity contribution in [2.75, 3.05) is 31.1 Å². The average molecular weight is 351 g/mol. The van der Waals surface area contributed by atoms with E-state index < -0.39 is 10.0 Å². The first-order chi connectivity index (χ1) is 11.1. The number of benzene rings is 1. The fourth-order valence-corrected chi connectivity index (χ4v) is 3.05. The van der Waals surface area contributed by atoms with Crippen LogP contribution >= 0.6 is 10.0 Å². The maximum atomic E-state index is 10.1. The Morgan fingerprint density at radius 2 is 1.92 bits per heavy atom. The number of aromatic nitrogens is 2. The summed E-state index contributed by atoms with van der Waals surface area (Å²) in [6.45, 7) is 7.55. The van der Waals surface area contributed by atoms with Crippen LogP contribution in [0.25, 0.3) is 11.3 Å². The summed E-state index contributed by atoms with van der Waals surface area (Å²) in [5.41, 5.74) is 2.87. The molecule has 0 amide bonds. The quantitative estimate of drug-likeness (QED) is 0.794. The van der Waals surface area contributed by atoms with E-state index in [0.29, 0.717) is 12.5 Å². The molecule has 0 radical (unpaired) electrons. The molecular formula is C19H30N2O2S. The van der Waals surface area contributed by atoms with Crippen molar-refractivity contribution in [2.45, 2.75) is 32.9 Å². The van der Waals surface area contributed by atoms with E-state index in [-0.39, 0.29) is 5.41 Å². The lowest BCUT2D eigenvalue weighted by molar-refractivity contribution is 0.0906. The third kappa shape index (κ3) is 5.02. The Labute approximate surface area is 147 Å². The highest BCUT2D eigenvalue weighted by molar-refractivity contribution is 8.32. The molecule has 134 valence electrons. The van der Waals surface area contributed by atoms with Crippen LogP contribution < -0.4 is 0 Å². The zero-order valence-corrected chi connectivity index (χ0v) is 16.5. The van der Waals surface area contributed by atoms with Crippen LogP contribution in [-0.2, 0) is 16.9 Å². The average Bonchev–Trinajstić information content (AvgIpc) is 2.90. The van der Waals surface area contributed by atoms with Crippen molar-refractivity contribution in [3.63, 3.8) is 0 Å². The highest BCUT2D eigenvalue weighted by Gasteiger charge is 2.19. The van der Waals surface area contributed by atoms with Crippen molar-refractivity contribution in [1.29, 1.82) is 0 Å². The summed E-state index contributed by atoms with van der Waals surface area (Å²) in [5.74, 6) is 1.44. The minimum absolute atomic E-state index is 0.114. The van der Waals surface area contributed by atoms with E-state index in [0.717, 1.165) is 29.2 Å². The van der Waals surface area contributed by atoms with Crippen LogP contribution in [0.15, 0.2) is 30.7 Å². The molecule has 0 saturated carbocycles. The zero-order valence-electron chi connectivity index (χ0n) is 15.7. The van der Waals surface area contributed by atoms with Crippen molar-refractivity contribution < 1.29 is 9.84 Å². The smallest absolute Gasteiger partial charge is 0.124 e. The number of rotatable bonds is 6. The number of imidazole rings is 1. The number of nitrogens with zero attached hydrogens (tertiary/aromatic N) is 2. The van der Waals surface area contributed by atoms with Gasteiger partial charge in [0.1, 0.15) is 12.5 Å². The van der Waals surface area contributed by atoms with Gasteiger partial charge in [-0.25, -0.2) is 15.0 Å². The van der Waals surface area contributed by atoms with Gasteiger partial charge in [-0.1, -0.05) is 20.8 Å². The van der Waals surface area contributed by atoms with Gasteiger partial charge < -0.3 is 14.4 Å². The Morgan fingerprint density at radius 3 is 2.54 bits per heavy atom. The third-order valence-corrected chi connectivity index (χ3v) is 5.27. The molecule has 4 nitrogen and oxygen atoms in total. The molecule has 0 spiro atoms. The summed E-state index contributed by atoms with van der Waals surface area (Å²) in [5, 5.41) is 10.1. The molecule has 0 saturated heterocycles. The van der Waals surface area contributed by atoms with Crippen molar-refractivity contribution in [1.82, 2.24) is 9.55 Å². The topological polar surface area (TPSA) is 47.3 Å². The van der Waals surface area contributed by atoms with Crippen LogP contribution in [0.3, 0.4) is 0 Å². The molecule has 5 heteroatoms. The minimum Gasteiger partial charge on any atom is -0.508 e. The van der Waals surface area contributed by atoms with Crippen LogP contribution in [0, 0.1) is 0 Å². The minimum atomic E-state index is -0.532. The van der Waals surface area contributed by atoms with Gasteiger partial charge in [-0.05, 0) is 47.9 Å². The number of phenols is 1. The van der Waals surface area contributed by atoms with Gasteiger partial charge in [-0.3, -0.25) is 0 Å². The highest BCUT2D eigenvalue weighted by atomic mass is 32.3. The first-order valence-corrected chi connectivity index (χ1v) is 11.2. The first kappa shape index (κ1) is 18.9. The summed E-state index contributed by atoms with van der Waals surface area (Å²) < 4.78 is 7.84. The van der Waals surface area contributed by atoms with Crippen molar-refractivity contribution in [3.8, 4) is 17.0 Å². The van der Waals surface area contributed by atoms with Gasteiger partial charge in [0.05, 0.1) is 24.8 Å². The molecule has 1 N–H and O–H groups in total. The molecule has 2 rings (SSSR count).